The number of nitrogens with two attached hydrogens (primary N) is 1. The van der Waals surface area contributed by atoms with Gasteiger partial charge in [0.25, 0.3) is 0 Å². The van der Waals surface area contributed by atoms with Crippen molar-refractivity contribution < 1.29 is 0 Å². The predicted octanol–water partition coefficient (Wildman–Crippen LogP) is 3.10. The summed E-state index contributed by atoms with van der Waals surface area (Å²) in [5.74, 6) is 0. The molecule has 2 fully saturated rings. The fraction of sp³-hybridized carbons (Fsp3) is 0.625. The minimum absolute atomic E-state index is 0.423. The van der Waals surface area contributed by atoms with Gasteiger partial charge < -0.3 is 10.6 Å². The number of aryl methyl sites for hydroxylation is 1. The Morgan fingerprint density at radius 1 is 1.11 bits per heavy atom. The minimum atomic E-state index is 0.423. The van der Waals surface area contributed by atoms with Gasteiger partial charge in [-0.15, -0.1) is 0 Å². The van der Waals surface area contributed by atoms with Crippen LogP contribution in [-0.4, -0.2) is 18.1 Å². The standard InChI is InChI=1S/C16H24N2/c1-2-12-6-8-14(9-7-12)18-15-4-3-5-16(18)11-13(17)10-15/h6-9,13,15-16H,2-5,10-11,17H2,1H3. The Hall–Kier alpha value is -1.02. The van der Waals surface area contributed by atoms with Crippen molar-refractivity contribution in [2.45, 2.75) is 63.6 Å². The molecule has 0 amide bonds. The lowest BCUT2D eigenvalue weighted by Crippen LogP contribution is -2.55. The predicted molar refractivity (Wildman–Crippen MR) is 76.9 cm³/mol. The zero-order valence-electron chi connectivity index (χ0n) is 11.3. The average Bonchev–Trinajstić information content (AvgIpc) is 2.38. The van der Waals surface area contributed by atoms with Crippen molar-refractivity contribution in [2.24, 2.45) is 5.73 Å². The van der Waals surface area contributed by atoms with Crippen molar-refractivity contribution in [3.8, 4) is 0 Å². The topological polar surface area (TPSA) is 29.3 Å². The molecule has 0 aromatic heterocycles. The van der Waals surface area contributed by atoms with Gasteiger partial charge in [0, 0.05) is 23.8 Å². The highest BCUT2D eigenvalue weighted by atomic mass is 15.2. The molecular weight excluding hydrogens is 220 g/mol. The van der Waals surface area contributed by atoms with Crippen molar-refractivity contribution in [1.82, 2.24) is 0 Å². The van der Waals surface area contributed by atoms with E-state index in [9.17, 15) is 0 Å². The molecule has 0 aliphatic carbocycles. The second-order valence-electron chi connectivity index (χ2n) is 5.90. The molecule has 2 aliphatic rings. The number of benzene rings is 1. The monoisotopic (exact) mass is 244 g/mol. The Balaban J connectivity index is 1.85. The van der Waals surface area contributed by atoms with Crippen LogP contribution in [0.1, 0.15) is 44.6 Å². The minimum Gasteiger partial charge on any atom is -0.365 e. The van der Waals surface area contributed by atoms with Gasteiger partial charge >= 0.3 is 0 Å². The van der Waals surface area contributed by atoms with Crippen LogP contribution in [0.15, 0.2) is 24.3 Å². The van der Waals surface area contributed by atoms with Crippen LogP contribution in [0.2, 0.25) is 0 Å². The lowest BCUT2D eigenvalue weighted by atomic mass is 9.81. The van der Waals surface area contributed by atoms with Gasteiger partial charge in [-0.2, -0.15) is 0 Å². The van der Waals surface area contributed by atoms with Crippen molar-refractivity contribution >= 4 is 5.69 Å². The third-order valence-electron chi connectivity index (χ3n) is 4.65. The smallest absolute Gasteiger partial charge is 0.0371 e. The third kappa shape index (κ3) is 2.14. The lowest BCUT2D eigenvalue weighted by Gasteiger charge is -2.49. The first kappa shape index (κ1) is 12.0. The largest absolute Gasteiger partial charge is 0.365 e. The van der Waals surface area contributed by atoms with Crippen LogP contribution in [0.25, 0.3) is 0 Å². The van der Waals surface area contributed by atoms with E-state index >= 15 is 0 Å². The highest BCUT2D eigenvalue weighted by molar-refractivity contribution is 5.51. The molecule has 2 nitrogen and oxygen atoms in total. The molecule has 3 rings (SSSR count). The fourth-order valence-electron chi connectivity index (χ4n) is 3.75. The second kappa shape index (κ2) is 4.93. The van der Waals surface area contributed by atoms with Crippen LogP contribution in [0.5, 0.6) is 0 Å². The quantitative estimate of drug-likeness (QED) is 0.866. The number of rotatable bonds is 2. The Morgan fingerprint density at radius 2 is 1.72 bits per heavy atom. The molecular formula is C16H24N2. The van der Waals surface area contributed by atoms with Crippen molar-refractivity contribution in [2.75, 3.05) is 4.90 Å². The third-order valence-corrected chi connectivity index (χ3v) is 4.65. The van der Waals surface area contributed by atoms with E-state index in [1.165, 1.54) is 43.4 Å². The zero-order chi connectivity index (χ0) is 12.5. The molecule has 18 heavy (non-hydrogen) atoms. The van der Waals surface area contributed by atoms with E-state index in [1.807, 2.05) is 0 Å². The molecule has 1 aromatic carbocycles. The molecule has 2 atom stereocenters. The molecule has 0 saturated carbocycles. The summed E-state index contributed by atoms with van der Waals surface area (Å²) in [6.45, 7) is 2.21. The average molecular weight is 244 g/mol. The number of hydrogen-bond donors (Lipinski definition) is 1. The summed E-state index contributed by atoms with van der Waals surface area (Å²) in [6, 6.07) is 11.0. The van der Waals surface area contributed by atoms with Gasteiger partial charge in [0.1, 0.15) is 0 Å². The zero-order valence-corrected chi connectivity index (χ0v) is 11.3. The van der Waals surface area contributed by atoms with E-state index in [0.717, 1.165) is 6.42 Å². The van der Waals surface area contributed by atoms with Gasteiger partial charge in [-0.1, -0.05) is 19.1 Å². The van der Waals surface area contributed by atoms with Gasteiger partial charge in [0.2, 0.25) is 0 Å². The number of piperidine rings is 2. The van der Waals surface area contributed by atoms with E-state index in [1.54, 1.807) is 0 Å². The first-order valence-electron chi connectivity index (χ1n) is 7.40. The summed E-state index contributed by atoms with van der Waals surface area (Å²) in [7, 11) is 0. The summed E-state index contributed by atoms with van der Waals surface area (Å²) in [4.78, 5) is 2.66. The molecule has 1 aromatic rings. The molecule has 98 valence electrons. The molecule has 2 aliphatic heterocycles. The maximum atomic E-state index is 6.18. The van der Waals surface area contributed by atoms with Gasteiger partial charge in [-0.05, 0) is 56.2 Å². The highest BCUT2D eigenvalue weighted by Crippen LogP contribution is 2.37. The normalized spacial score (nSPS) is 31.4. The molecule has 2 heteroatoms. The number of anilines is 1. The first-order chi connectivity index (χ1) is 8.78. The molecule has 2 saturated heterocycles. The molecule has 2 unspecified atom stereocenters. The van der Waals surface area contributed by atoms with Crippen molar-refractivity contribution in [3.05, 3.63) is 29.8 Å². The Morgan fingerprint density at radius 3 is 2.28 bits per heavy atom. The summed E-state index contributed by atoms with van der Waals surface area (Å²) in [5.41, 5.74) is 9.02. The Bertz CT molecular complexity index is 384. The number of nitrogens with zero attached hydrogens (tertiary/aromatic N) is 1. The molecule has 2 heterocycles. The summed E-state index contributed by atoms with van der Waals surface area (Å²) in [5, 5.41) is 0. The van der Waals surface area contributed by atoms with Crippen LogP contribution in [0.3, 0.4) is 0 Å². The van der Waals surface area contributed by atoms with Crippen LogP contribution >= 0.6 is 0 Å². The van der Waals surface area contributed by atoms with E-state index in [-0.39, 0.29) is 0 Å². The summed E-state index contributed by atoms with van der Waals surface area (Å²) >= 11 is 0. The Kier molecular flexibility index (Phi) is 3.29. The number of hydrogen-bond acceptors (Lipinski definition) is 2. The van der Waals surface area contributed by atoms with Crippen LogP contribution in [0, 0.1) is 0 Å². The second-order valence-corrected chi connectivity index (χ2v) is 5.90. The van der Waals surface area contributed by atoms with Gasteiger partial charge in [0.05, 0.1) is 0 Å². The fourth-order valence-corrected chi connectivity index (χ4v) is 3.75. The van der Waals surface area contributed by atoms with Crippen LogP contribution in [0.4, 0.5) is 5.69 Å². The molecule has 2 bridgehead atoms. The van der Waals surface area contributed by atoms with E-state index < -0.39 is 0 Å². The van der Waals surface area contributed by atoms with Gasteiger partial charge in [-0.3, -0.25) is 0 Å². The molecule has 2 N–H and O–H groups in total. The van der Waals surface area contributed by atoms with E-state index in [4.69, 9.17) is 5.73 Å². The maximum Gasteiger partial charge on any atom is 0.0371 e. The molecule has 0 spiro atoms. The highest BCUT2D eigenvalue weighted by Gasteiger charge is 2.36. The summed E-state index contributed by atoms with van der Waals surface area (Å²) in [6.07, 6.45) is 7.49. The summed E-state index contributed by atoms with van der Waals surface area (Å²) < 4.78 is 0. The maximum absolute atomic E-state index is 6.18. The SMILES string of the molecule is CCc1ccc(N2C3CCCC2CC(N)C3)cc1. The van der Waals surface area contributed by atoms with E-state index in [0.29, 0.717) is 18.1 Å². The van der Waals surface area contributed by atoms with Crippen molar-refractivity contribution in [1.29, 1.82) is 0 Å². The first-order valence-corrected chi connectivity index (χ1v) is 7.40. The van der Waals surface area contributed by atoms with Gasteiger partial charge in [-0.25, -0.2) is 0 Å². The van der Waals surface area contributed by atoms with Crippen LogP contribution < -0.4 is 10.6 Å². The Labute approximate surface area is 110 Å². The van der Waals surface area contributed by atoms with Crippen molar-refractivity contribution in [3.63, 3.8) is 0 Å². The lowest BCUT2D eigenvalue weighted by molar-refractivity contribution is 0.271. The molecule has 0 radical (unpaired) electrons. The van der Waals surface area contributed by atoms with Gasteiger partial charge in [0.15, 0.2) is 0 Å². The van der Waals surface area contributed by atoms with E-state index in [2.05, 4.69) is 36.1 Å². The van der Waals surface area contributed by atoms with Crippen LogP contribution in [-0.2, 0) is 6.42 Å². The number of fused-ring (bicyclic) bond motifs is 2.